The molecule has 0 unspecified atom stereocenters. The number of fused-ring (bicyclic) bond motifs is 1. The molecule has 0 amide bonds. The maximum absolute atomic E-state index is 14.6. The molecular weight excluding hydrogens is 466 g/mol. The molecule has 2 aromatic carbocycles. The molecule has 0 saturated carbocycles. The summed E-state index contributed by atoms with van der Waals surface area (Å²) in [6.07, 6.45) is 1.32. The molecule has 174 valence electrons. The van der Waals surface area contributed by atoms with Gasteiger partial charge >= 0.3 is 11.9 Å². The van der Waals surface area contributed by atoms with Crippen molar-refractivity contribution in [2.24, 2.45) is 0 Å². The van der Waals surface area contributed by atoms with Gasteiger partial charge in [-0.3, -0.25) is 9.36 Å². The van der Waals surface area contributed by atoms with Gasteiger partial charge in [0.05, 0.1) is 25.3 Å². The zero-order chi connectivity index (χ0) is 24.6. The van der Waals surface area contributed by atoms with Crippen LogP contribution in [-0.4, -0.2) is 36.6 Å². The smallest absolute Gasteiger partial charge is 0.357 e. The Morgan fingerprint density at radius 2 is 1.62 bits per heavy atom. The van der Waals surface area contributed by atoms with Crippen molar-refractivity contribution >= 4 is 46.3 Å². The van der Waals surface area contributed by atoms with Gasteiger partial charge in [0.15, 0.2) is 5.69 Å². The number of thioether (sulfide) groups is 1. The number of hydrogen-bond acceptors (Lipinski definition) is 7. The van der Waals surface area contributed by atoms with Gasteiger partial charge < -0.3 is 15.2 Å². The van der Waals surface area contributed by atoms with Crippen LogP contribution >= 0.6 is 11.8 Å². The second-order valence-electron chi connectivity index (χ2n) is 7.20. The minimum atomic E-state index is -1.22. The number of nitrogens with two attached hydrogens (primary N) is 1. The number of halogens is 2. The maximum Gasteiger partial charge on any atom is 0.357 e. The lowest BCUT2D eigenvalue weighted by Gasteiger charge is -2.23. The average Bonchev–Trinajstić information content (AvgIpc) is 3.13. The van der Waals surface area contributed by atoms with E-state index in [1.54, 1.807) is 12.1 Å². The Bertz CT molecular complexity index is 1460. The number of esters is 2. The fourth-order valence-electron chi connectivity index (χ4n) is 3.71. The third-order valence-corrected chi connectivity index (χ3v) is 6.57. The number of aromatic nitrogens is 1. The lowest BCUT2D eigenvalue weighted by molar-refractivity contribution is -0.133. The monoisotopic (exact) mass is 484 g/mol. The molecule has 0 spiro atoms. The van der Waals surface area contributed by atoms with E-state index in [1.165, 1.54) is 42.5 Å². The molecule has 4 rings (SSSR count). The quantitative estimate of drug-likeness (QED) is 0.568. The number of rotatable bonds is 4. The molecule has 1 aliphatic rings. The van der Waals surface area contributed by atoms with E-state index in [1.807, 2.05) is 0 Å². The first-order valence-electron chi connectivity index (χ1n) is 9.92. The number of carbonyl (C=O) groups excluding carboxylic acids is 3. The minimum absolute atomic E-state index is 0.00673. The molecule has 0 radical (unpaired) electrons. The number of hydrogen-bond donors (Lipinski definition) is 1. The van der Waals surface area contributed by atoms with E-state index in [0.29, 0.717) is 0 Å². The molecule has 0 aliphatic carbocycles. The first-order chi connectivity index (χ1) is 16.3. The van der Waals surface area contributed by atoms with Gasteiger partial charge in [-0.2, -0.15) is 0 Å². The molecule has 2 N–H and O–H groups in total. The third kappa shape index (κ3) is 3.75. The van der Waals surface area contributed by atoms with Crippen LogP contribution < -0.4 is 16.3 Å². The molecule has 2 heterocycles. The normalized spacial score (nSPS) is 15.8. The number of ether oxygens (including phenoxy) is 2. The van der Waals surface area contributed by atoms with Crippen LogP contribution in [0, 0.1) is 11.6 Å². The Hall–Kier alpha value is -3.92. The van der Waals surface area contributed by atoms with Gasteiger partial charge in [-0.05, 0) is 18.2 Å². The highest BCUT2D eigenvalue weighted by Crippen LogP contribution is 2.40. The Morgan fingerprint density at radius 1 is 1.00 bits per heavy atom. The predicted molar refractivity (Wildman–Crippen MR) is 122 cm³/mol. The van der Waals surface area contributed by atoms with E-state index in [-0.39, 0.29) is 38.0 Å². The van der Waals surface area contributed by atoms with Gasteiger partial charge in [-0.15, -0.1) is 0 Å². The van der Waals surface area contributed by atoms with Crippen molar-refractivity contribution in [3.63, 3.8) is 0 Å². The Morgan fingerprint density at radius 3 is 2.24 bits per heavy atom. The molecule has 1 aliphatic heterocycles. The van der Waals surface area contributed by atoms with Gasteiger partial charge in [-0.25, -0.2) is 18.4 Å². The number of benzene rings is 2. The van der Waals surface area contributed by atoms with Gasteiger partial charge in [-0.1, -0.05) is 48.2 Å². The van der Waals surface area contributed by atoms with Crippen molar-refractivity contribution < 1.29 is 32.6 Å². The van der Waals surface area contributed by atoms with E-state index in [4.69, 9.17) is 15.2 Å². The molecular formula is C24H18F2N2O5S. The highest BCUT2D eigenvalue weighted by molar-refractivity contribution is 8.10. The van der Waals surface area contributed by atoms with Crippen molar-refractivity contribution in [1.29, 1.82) is 0 Å². The highest BCUT2D eigenvalue weighted by atomic mass is 32.2. The fourth-order valence-corrected chi connectivity index (χ4v) is 4.96. The second kappa shape index (κ2) is 9.14. The summed E-state index contributed by atoms with van der Waals surface area (Å²) >= 11 is 0.763. The Kier molecular flexibility index (Phi) is 6.25. The largest absolute Gasteiger partial charge is 0.465 e. The van der Waals surface area contributed by atoms with Crippen LogP contribution in [0.15, 0.2) is 48.5 Å². The summed E-state index contributed by atoms with van der Waals surface area (Å²) < 4.78 is 39.7. The summed E-state index contributed by atoms with van der Waals surface area (Å²) in [6.45, 7) is 0. The lowest BCUT2D eigenvalue weighted by atomic mass is 10.1. The van der Waals surface area contributed by atoms with Gasteiger partial charge in [0, 0.05) is 16.3 Å². The molecule has 34 heavy (non-hydrogen) atoms. The molecule has 0 bridgehead atoms. The predicted octanol–water partition coefficient (Wildman–Crippen LogP) is 2.37. The summed E-state index contributed by atoms with van der Waals surface area (Å²) in [4.78, 5) is 39.0. The van der Waals surface area contributed by atoms with Crippen molar-refractivity contribution in [2.45, 2.75) is 5.25 Å². The van der Waals surface area contributed by atoms with Crippen molar-refractivity contribution in [1.82, 2.24) is 4.57 Å². The molecule has 1 aromatic heterocycles. The molecule has 0 fully saturated rings. The molecule has 1 atom stereocenters. The number of nitrogen functional groups attached to an aromatic ring is 1. The lowest BCUT2D eigenvalue weighted by Crippen LogP contribution is -2.42. The van der Waals surface area contributed by atoms with Gasteiger partial charge in [0.1, 0.15) is 21.8 Å². The highest BCUT2D eigenvalue weighted by Gasteiger charge is 2.39. The van der Waals surface area contributed by atoms with Gasteiger partial charge in [0.2, 0.25) is 5.91 Å². The van der Waals surface area contributed by atoms with Crippen molar-refractivity contribution in [3.8, 4) is 0 Å². The van der Waals surface area contributed by atoms with Crippen LogP contribution in [-0.2, 0) is 14.3 Å². The second-order valence-corrected chi connectivity index (χ2v) is 8.31. The summed E-state index contributed by atoms with van der Waals surface area (Å²) in [5.74, 6) is -3.77. The van der Waals surface area contributed by atoms with Crippen molar-refractivity contribution in [2.75, 3.05) is 20.0 Å². The average molecular weight is 484 g/mol. The summed E-state index contributed by atoms with van der Waals surface area (Å²) in [7, 11) is 2.24. The molecule has 10 heteroatoms. The Balaban J connectivity index is 2.15. The van der Waals surface area contributed by atoms with Crippen LogP contribution in [0.3, 0.4) is 0 Å². The standard InChI is InChI=1S/C24H18F2N2O5S/c1-32-23(30)19-17(27)14(11-12-7-3-5-9-15(12)25)18-21(24(31)33-2)34-20(22(29)28(18)19)13-8-4-6-10-16(13)26/h3-11,20H,27H2,1-2H3/t20-/m0/s1. The van der Waals surface area contributed by atoms with Crippen LogP contribution in [0.25, 0.3) is 11.0 Å². The number of nitrogens with zero attached hydrogens (tertiary/aromatic N) is 1. The van der Waals surface area contributed by atoms with Crippen LogP contribution in [0.2, 0.25) is 0 Å². The number of methoxy groups -OCH3 is 2. The van der Waals surface area contributed by atoms with Gasteiger partial charge in [0.25, 0.3) is 0 Å². The summed E-state index contributed by atoms with van der Waals surface area (Å²) in [6, 6.07) is 11.4. The van der Waals surface area contributed by atoms with E-state index in [9.17, 15) is 23.2 Å². The summed E-state index contributed by atoms with van der Waals surface area (Å²) in [5.41, 5.74) is 5.82. The zero-order valence-electron chi connectivity index (χ0n) is 18.0. The maximum atomic E-state index is 14.6. The Labute approximate surface area is 196 Å². The van der Waals surface area contributed by atoms with E-state index < -0.39 is 34.7 Å². The zero-order valence-corrected chi connectivity index (χ0v) is 18.8. The SMILES string of the molecule is COC(=O)C1=c2c(=Cc3ccccc3F)c(N)c(C(=O)OC)n2C(=O)[C@H](c2ccccc2F)S1. The number of carbonyl (C=O) groups is 3. The third-order valence-electron chi connectivity index (χ3n) is 5.29. The van der Waals surface area contributed by atoms with Crippen LogP contribution in [0.5, 0.6) is 0 Å². The summed E-state index contributed by atoms with van der Waals surface area (Å²) in [5, 5.41) is -1.23. The van der Waals surface area contributed by atoms with E-state index >= 15 is 0 Å². The molecule has 0 saturated heterocycles. The van der Waals surface area contributed by atoms with Crippen molar-refractivity contribution in [3.05, 3.63) is 87.6 Å². The minimum Gasteiger partial charge on any atom is -0.465 e. The van der Waals surface area contributed by atoms with Crippen LogP contribution in [0.4, 0.5) is 14.5 Å². The van der Waals surface area contributed by atoms with Crippen LogP contribution in [0.1, 0.15) is 31.7 Å². The van der Waals surface area contributed by atoms with E-state index in [2.05, 4.69) is 0 Å². The first kappa shape index (κ1) is 23.2. The molecule has 7 nitrogen and oxygen atoms in total. The molecule has 3 aromatic rings. The fraction of sp³-hybridized carbons (Fsp3) is 0.125. The first-order valence-corrected chi connectivity index (χ1v) is 10.8. The van der Waals surface area contributed by atoms with E-state index in [0.717, 1.165) is 30.5 Å². The number of anilines is 1. The topological polar surface area (TPSA) is 101 Å².